The lowest BCUT2D eigenvalue weighted by molar-refractivity contribution is -0.127. The highest BCUT2D eigenvalue weighted by molar-refractivity contribution is 7.98. The highest BCUT2D eigenvalue weighted by Gasteiger charge is 2.23. The summed E-state index contributed by atoms with van der Waals surface area (Å²) in [5, 5.41) is 0.728. The molecule has 80 valence electrons. The minimum Gasteiger partial charge on any atom is -0.286 e. The molecular weight excluding hydrogens is 194 g/mol. The van der Waals surface area contributed by atoms with Crippen LogP contribution < -0.4 is 0 Å². The molecule has 1 aliphatic carbocycles. The van der Waals surface area contributed by atoms with Crippen LogP contribution in [-0.2, 0) is 4.79 Å². The van der Waals surface area contributed by atoms with Crippen molar-refractivity contribution in [2.75, 3.05) is 6.54 Å². The van der Waals surface area contributed by atoms with Crippen LogP contribution in [0.25, 0.3) is 0 Å². The summed E-state index contributed by atoms with van der Waals surface area (Å²) in [5.41, 5.74) is 0. The van der Waals surface area contributed by atoms with Crippen LogP contribution in [0.1, 0.15) is 51.4 Å². The molecule has 2 rings (SSSR count). The predicted octanol–water partition coefficient (Wildman–Crippen LogP) is 2.98. The molecule has 0 bridgehead atoms. The first kappa shape index (κ1) is 10.3. The van der Waals surface area contributed by atoms with Crippen LogP contribution in [0.15, 0.2) is 0 Å². The van der Waals surface area contributed by atoms with Gasteiger partial charge in [0.15, 0.2) is 0 Å². The van der Waals surface area contributed by atoms with Gasteiger partial charge in [-0.05, 0) is 37.6 Å². The van der Waals surface area contributed by atoms with Crippen molar-refractivity contribution >= 4 is 17.9 Å². The summed E-state index contributed by atoms with van der Waals surface area (Å²) in [6.45, 7) is 0.986. The van der Waals surface area contributed by atoms with Crippen LogP contribution in [0.4, 0.5) is 0 Å². The van der Waals surface area contributed by atoms with Gasteiger partial charge in [0.05, 0.1) is 0 Å². The lowest BCUT2D eigenvalue weighted by Gasteiger charge is -2.30. The number of rotatable bonds is 2. The molecule has 3 heteroatoms. The standard InChI is InChI=1S/C11H19NOS/c13-11-8-4-5-9-12(11)14-10-6-2-1-3-7-10/h10H,1-9H2. The van der Waals surface area contributed by atoms with Crippen molar-refractivity contribution in [1.29, 1.82) is 0 Å². The van der Waals surface area contributed by atoms with Gasteiger partial charge in [0.25, 0.3) is 0 Å². The first-order chi connectivity index (χ1) is 6.86. The maximum absolute atomic E-state index is 11.6. The zero-order valence-corrected chi connectivity index (χ0v) is 9.52. The third kappa shape index (κ3) is 2.66. The molecule has 2 aliphatic rings. The normalized spacial score (nSPS) is 25.4. The predicted molar refractivity (Wildman–Crippen MR) is 60.0 cm³/mol. The Hall–Kier alpha value is -0.180. The van der Waals surface area contributed by atoms with Crippen LogP contribution in [0.5, 0.6) is 0 Å². The maximum Gasteiger partial charge on any atom is 0.232 e. The number of carbonyl (C=O) groups excluding carboxylic acids is 1. The van der Waals surface area contributed by atoms with E-state index in [-0.39, 0.29) is 0 Å². The third-order valence-corrected chi connectivity index (χ3v) is 4.52. The molecule has 2 fully saturated rings. The Balaban J connectivity index is 1.79. The second kappa shape index (κ2) is 5.06. The zero-order valence-electron chi connectivity index (χ0n) is 8.71. The minimum absolute atomic E-state index is 0.367. The Labute approximate surface area is 90.6 Å². The van der Waals surface area contributed by atoms with E-state index in [1.807, 2.05) is 16.3 Å². The van der Waals surface area contributed by atoms with Crippen LogP contribution >= 0.6 is 11.9 Å². The SMILES string of the molecule is O=C1CCCCN1SC1CCCCC1. The molecule has 1 saturated heterocycles. The molecule has 1 heterocycles. The largest absolute Gasteiger partial charge is 0.286 e. The fraction of sp³-hybridized carbons (Fsp3) is 0.909. The molecule has 0 aromatic heterocycles. The van der Waals surface area contributed by atoms with E-state index in [0.29, 0.717) is 5.91 Å². The fourth-order valence-electron chi connectivity index (χ4n) is 2.24. The van der Waals surface area contributed by atoms with E-state index >= 15 is 0 Å². The number of hydrogen-bond donors (Lipinski definition) is 0. The van der Waals surface area contributed by atoms with Crippen LogP contribution in [0.3, 0.4) is 0 Å². The molecule has 0 aromatic carbocycles. The molecule has 2 nitrogen and oxygen atoms in total. The highest BCUT2D eigenvalue weighted by atomic mass is 32.2. The van der Waals surface area contributed by atoms with Gasteiger partial charge in [-0.15, -0.1) is 0 Å². The molecule has 0 atom stereocenters. The van der Waals surface area contributed by atoms with E-state index in [4.69, 9.17) is 0 Å². The molecule has 1 aliphatic heterocycles. The Kier molecular flexibility index (Phi) is 3.74. The van der Waals surface area contributed by atoms with Crippen molar-refractivity contribution in [3.05, 3.63) is 0 Å². The lowest BCUT2D eigenvalue weighted by atomic mass is 10.0. The van der Waals surface area contributed by atoms with Gasteiger partial charge < -0.3 is 0 Å². The van der Waals surface area contributed by atoms with Gasteiger partial charge in [-0.25, -0.2) is 0 Å². The van der Waals surface area contributed by atoms with E-state index in [1.165, 1.54) is 38.5 Å². The van der Waals surface area contributed by atoms with Crippen molar-refractivity contribution in [3.8, 4) is 0 Å². The average molecular weight is 213 g/mol. The Morgan fingerprint density at radius 1 is 1.07 bits per heavy atom. The number of hydrogen-bond acceptors (Lipinski definition) is 2. The Bertz CT molecular complexity index is 201. The van der Waals surface area contributed by atoms with E-state index in [1.54, 1.807) is 0 Å². The van der Waals surface area contributed by atoms with Crippen LogP contribution in [0.2, 0.25) is 0 Å². The molecule has 1 saturated carbocycles. The van der Waals surface area contributed by atoms with E-state index in [2.05, 4.69) is 0 Å². The van der Waals surface area contributed by atoms with E-state index in [9.17, 15) is 4.79 Å². The summed E-state index contributed by atoms with van der Waals surface area (Å²) in [4.78, 5) is 11.6. The number of carbonyl (C=O) groups is 1. The topological polar surface area (TPSA) is 20.3 Å². The van der Waals surface area contributed by atoms with Crippen molar-refractivity contribution in [2.45, 2.75) is 56.6 Å². The summed E-state index contributed by atoms with van der Waals surface area (Å²) in [5.74, 6) is 0.367. The molecular formula is C11H19NOS. The van der Waals surface area contributed by atoms with Gasteiger partial charge in [-0.3, -0.25) is 9.10 Å². The summed E-state index contributed by atoms with van der Waals surface area (Å²) >= 11 is 1.83. The second-order valence-corrected chi connectivity index (χ2v) is 5.64. The molecule has 14 heavy (non-hydrogen) atoms. The summed E-state index contributed by atoms with van der Waals surface area (Å²) < 4.78 is 2.03. The van der Waals surface area contributed by atoms with Gasteiger partial charge in [0, 0.05) is 18.2 Å². The summed E-state index contributed by atoms with van der Waals surface area (Å²) in [7, 11) is 0. The zero-order chi connectivity index (χ0) is 9.80. The smallest absolute Gasteiger partial charge is 0.232 e. The van der Waals surface area contributed by atoms with Crippen molar-refractivity contribution in [2.24, 2.45) is 0 Å². The van der Waals surface area contributed by atoms with Gasteiger partial charge in [-0.2, -0.15) is 0 Å². The first-order valence-corrected chi connectivity index (χ1v) is 6.67. The van der Waals surface area contributed by atoms with E-state index in [0.717, 1.165) is 24.6 Å². The summed E-state index contributed by atoms with van der Waals surface area (Å²) in [6, 6.07) is 0. The Morgan fingerprint density at radius 2 is 1.86 bits per heavy atom. The molecule has 1 amide bonds. The van der Waals surface area contributed by atoms with Crippen LogP contribution in [0, 0.1) is 0 Å². The maximum atomic E-state index is 11.6. The van der Waals surface area contributed by atoms with Gasteiger partial charge in [-0.1, -0.05) is 19.3 Å². The third-order valence-electron chi connectivity index (χ3n) is 3.11. The van der Waals surface area contributed by atoms with Crippen molar-refractivity contribution in [1.82, 2.24) is 4.31 Å². The molecule has 0 N–H and O–H groups in total. The molecule has 0 unspecified atom stereocenters. The lowest BCUT2D eigenvalue weighted by Crippen LogP contribution is -2.31. The molecule has 0 aromatic rings. The number of amides is 1. The first-order valence-electron chi connectivity index (χ1n) is 5.83. The second-order valence-electron chi connectivity index (χ2n) is 4.32. The summed E-state index contributed by atoms with van der Waals surface area (Å²) in [6.07, 6.45) is 9.82. The number of nitrogens with zero attached hydrogens (tertiary/aromatic N) is 1. The number of piperidine rings is 1. The van der Waals surface area contributed by atoms with Crippen LogP contribution in [-0.4, -0.2) is 22.0 Å². The minimum atomic E-state index is 0.367. The van der Waals surface area contributed by atoms with Crippen molar-refractivity contribution < 1.29 is 4.79 Å². The highest BCUT2D eigenvalue weighted by Crippen LogP contribution is 2.32. The van der Waals surface area contributed by atoms with E-state index < -0.39 is 0 Å². The molecule has 0 spiro atoms. The van der Waals surface area contributed by atoms with Gasteiger partial charge in [0.1, 0.15) is 0 Å². The van der Waals surface area contributed by atoms with Crippen molar-refractivity contribution in [3.63, 3.8) is 0 Å². The average Bonchev–Trinajstić information content (AvgIpc) is 2.23. The monoisotopic (exact) mass is 213 g/mol. The molecule has 0 radical (unpaired) electrons. The fourth-order valence-corrected chi connectivity index (χ4v) is 3.59. The Morgan fingerprint density at radius 3 is 2.57 bits per heavy atom. The quantitative estimate of drug-likeness (QED) is 0.657. The van der Waals surface area contributed by atoms with Gasteiger partial charge in [0.2, 0.25) is 5.91 Å². The van der Waals surface area contributed by atoms with Gasteiger partial charge >= 0.3 is 0 Å².